The molecule has 8 heteroatoms. The summed E-state index contributed by atoms with van der Waals surface area (Å²) in [5.41, 5.74) is 0.778. The number of para-hydroxylation sites is 1. The Balaban J connectivity index is 1.22. The molecule has 0 unspecified atom stereocenters. The first-order valence-electron chi connectivity index (χ1n) is 10.4. The first-order valence-corrected chi connectivity index (χ1v) is 10.4. The van der Waals surface area contributed by atoms with Crippen molar-refractivity contribution in [3.05, 3.63) is 30.3 Å². The highest BCUT2D eigenvalue weighted by molar-refractivity contribution is 5.89. The predicted octanol–water partition coefficient (Wildman–Crippen LogP) is 2.37. The average Bonchev–Trinajstić information content (AvgIpc) is 3.20. The fourth-order valence-electron chi connectivity index (χ4n) is 4.45. The van der Waals surface area contributed by atoms with Gasteiger partial charge in [-0.3, -0.25) is 4.79 Å². The molecule has 1 N–H and O–H groups in total. The lowest BCUT2D eigenvalue weighted by molar-refractivity contribution is -0.138. The number of ether oxygens (including phenoxy) is 1. The molecule has 8 nitrogen and oxygen atoms in total. The number of likely N-dealkylation sites (tertiary alicyclic amines) is 2. The summed E-state index contributed by atoms with van der Waals surface area (Å²) in [6, 6.07) is 9.47. The summed E-state index contributed by atoms with van der Waals surface area (Å²) in [5.74, 6) is 0.166. The first-order chi connectivity index (χ1) is 14.1. The number of carbonyl (C=O) groups is 3. The number of amides is 4. The molecule has 3 fully saturated rings. The summed E-state index contributed by atoms with van der Waals surface area (Å²) in [5, 5.41) is 2.90. The van der Waals surface area contributed by atoms with Crippen LogP contribution < -0.4 is 5.32 Å². The van der Waals surface area contributed by atoms with E-state index in [0.717, 1.165) is 18.5 Å². The highest BCUT2D eigenvalue weighted by atomic mass is 16.6. The van der Waals surface area contributed by atoms with E-state index < -0.39 is 0 Å². The van der Waals surface area contributed by atoms with E-state index in [0.29, 0.717) is 52.2 Å². The zero-order valence-corrected chi connectivity index (χ0v) is 16.6. The van der Waals surface area contributed by atoms with Gasteiger partial charge in [0.2, 0.25) is 5.91 Å². The third kappa shape index (κ3) is 4.46. The lowest BCUT2D eigenvalue weighted by Gasteiger charge is -2.38. The minimum atomic E-state index is -0.226. The minimum Gasteiger partial charge on any atom is -0.448 e. The lowest BCUT2D eigenvalue weighted by Crippen LogP contribution is -2.50. The number of carbonyl (C=O) groups excluding carboxylic acids is 3. The highest BCUT2D eigenvalue weighted by Gasteiger charge is 2.36. The number of urea groups is 1. The Labute approximate surface area is 170 Å². The van der Waals surface area contributed by atoms with Crippen molar-refractivity contribution in [3.8, 4) is 0 Å². The quantitative estimate of drug-likeness (QED) is 0.845. The summed E-state index contributed by atoms with van der Waals surface area (Å²) >= 11 is 0. The normalized spacial score (nSPS) is 21.2. The lowest BCUT2D eigenvalue weighted by atomic mass is 9.93. The predicted molar refractivity (Wildman–Crippen MR) is 107 cm³/mol. The fraction of sp³-hybridized carbons (Fsp3) is 0.571. The van der Waals surface area contributed by atoms with E-state index in [1.807, 2.05) is 35.2 Å². The summed E-state index contributed by atoms with van der Waals surface area (Å²) in [6.07, 6.45) is 2.77. The summed E-state index contributed by atoms with van der Waals surface area (Å²) in [6.45, 7) is 3.66. The zero-order valence-electron chi connectivity index (χ0n) is 16.6. The number of rotatable bonds is 3. The van der Waals surface area contributed by atoms with Crippen molar-refractivity contribution in [3.63, 3.8) is 0 Å². The van der Waals surface area contributed by atoms with E-state index in [4.69, 9.17) is 4.74 Å². The van der Waals surface area contributed by atoms with Crippen LogP contribution in [0.25, 0.3) is 0 Å². The first kappa shape index (κ1) is 19.5. The van der Waals surface area contributed by atoms with E-state index in [2.05, 4.69) is 5.32 Å². The van der Waals surface area contributed by atoms with Crippen molar-refractivity contribution >= 4 is 23.7 Å². The minimum absolute atomic E-state index is 0.0240. The molecule has 3 aliphatic rings. The second-order valence-corrected chi connectivity index (χ2v) is 7.92. The van der Waals surface area contributed by atoms with Gasteiger partial charge in [-0.2, -0.15) is 0 Å². The third-order valence-electron chi connectivity index (χ3n) is 6.17. The molecule has 0 radical (unpaired) electrons. The van der Waals surface area contributed by atoms with E-state index in [1.54, 1.807) is 9.80 Å². The number of piperidine rings is 2. The second kappa shape index (κ2) is 8.71. The number of cyclic esters (lactones) is 1. The van der Waals surface area contributed by atoms with Crippen LogP contribution in [0.1, 0.15) is 25.7 Å². The van der Waals surface area contributed by atoms with Crippen molar-refractivity contribution in [1.82, 2.24) is 14.7 Å². The smallest absolute Gasteiger partial charge is 0.410 e. The molecular weight excluding hydrogens is 372 g/mol. The van der Waals surface area contributed by atoms with Crippen molar-refractivity contribution in [2.45, 2.75) is 31.7 Å². The molecule has 156 valence electrons. The summed E-state index contributed by atoms with van der Waals surface area (Å²) in [4.78, 5) is 42.6. The van der Waals surface area contributed by atoms with Gasteiger partial charge < -0.3 is 24.8 Å². The van der Waals surface area contributed by atoms with Gasteiger partial charge in [-0.25, -0.2) is 9.59 Å². The van der Waals surface area contributed by atoms with Crippen LogP contribution in [0.5, 0.6) is 0 Å². The highest BCUT2D eigenvalue weighted by Crippen LogP contribution is 2.25. The largest absolute Gasteiger partial charge is 0.448 e. The molecule has 0 aliphatic carbocycles. The molecule has 4 rings (SSSR count). The molecule has 1 aromatic rings. The van der Waals surface area contributed by atoms with Crippen LogP contribution in [0.15, 0.2) is 30.3 Å². The van der Waals surface area contributed by atoms with Crippen LogP contribution in [0.4, 0.5) is 15.3 Å². The summed E-state index contributed by atoms with van der Waals surface area (Å²) in [7, 11) is 0. The van der Waals surface area contributed by atoms with Gasteiger partial charge >= 0.3 is 12.1 Å². The third-order valence-corrected chi connectivity index (χ3v) is 6.17. The van der Waals surface area contributed by atoms with Gasteiger partial charge in [0, 0.05) is 43.8 Å². The van der Waals surface area contributed by atoms with Crippen LogP contribution in [-0.2, 0) is 9.53 Å². The van der Waals surface area contributed by atoms with E-state index in [1.165, 1.54) is 0 Å². The van der Waals surface area contributed by atoms with Gasteiger partial charge in [0.25, 0.3) is 0 Å². The molecular formula is C21H28N4O4. The van der Waals surface area contributed by atoms with E-state index >= 15 is 0 Å². The second-order valence-electron chi connectivity index (χ2n) is 7.92. The summed E-state index contributed by atoms with van der Waals surface area (Å²) < 4.78 is 5.02. The standard InChI is InChI=1S/C21H28N4O4/c26-19(23-12-8-18(9-13-23)25-14-15-29-21(25)28)16-6-10-24(11-7-16)20(27)22-17-4-2-1-3-5-17/h1-5,16,18H,6-15H2,(H,22,27). The Bertz CT molecular complexity index is 740. The Hall–Kier alpha value is -2.77. The van der Waals surface area contributed by atoms with Crippen LogP contribution in [-0.4, -0.2) is 78.1 Å². The van der Waals surface area contributed by atoms with E-state index in [9.17, 15) is 14.4 Å². The molecule has 3 saturated heterocycles. The fourth-order valence-corrected chi connectivity index (χ4v) is 4.45. The molecule has 3 aliphatic heterocycles. The Morgan fingerprint density at radius 2 is 1.55 bits per heavy atom. The topological polar surface area (TPSA) is 82.2 Å². The van der Waals surface area contributed by atoms with Crippen molar-refractivity contribution in [2.75, 3.05) is 44.6 Å². The molecule has 0 bridgehead atoms. The Morgan fingerprint density at radius 1 is 0.897 bits per heavy atom. The maximum atomic E-state index is 12.9. The van der Waals surface area contributed by atoms with Crippen LogP contribution in [0.2, 0.25) is 0 Å². The van der Waals surface area contributed by atoms with Gasteiger partial charge in [-0.1, -0.05) is 18.2 Å². The van der Waals surface area contributed by atoms with Crippen LogP contribution in [0, 0.1) is 5.92 Å². The molecule has 3 heterocycles. The maximum Gasteiger partial charge on any atom is 0.410 e. The molecule has 29 heavy (non-hydrogen) atoms. The maximum absolute atomic E-state index is 12.9. The van der Waals surface area contributed by atoms with Crippen molar-refractivity contribution < 1.29 is 19.1 Å². The van der Waals surface area contributed by atoms with Crippen molar-refractivity contribution in [2.24, 2.45) is 5.92 Å². The number of benzene rings is 1. The molecule has 0 spiro atoms. The molecule has 0 atom stereocenters. The average molecular weight is 400 g/mol. The van der Waals surface area contributed by atoms with Crippen LogP contribution >= 0.6 is 0 Å². The van der Waals surface area contributed by atoms with Crippen molar-refractivity contribution in [1.29, 1.82) is 0 Å². The number of hydrogen-bond acceptors (Lipinski definition) is 4. The van der Waals surface area contributed by atoms with Crippen LogP contribution in [0.3, 0.4) is 0 Å². The van der Waals surface area contributed by atoms with Gasteiger partial charge in [-0.15, -0.1) is 0 Å². The number of nitrogens with zero attached hydrogens (tertiary/aromatic N) is 3. The number of nitrogens with one attached hydrogen (secondary N) is 1. The Kier molecular flexibility index (Phi) is 5.87. The Morgan fingerprint density at radius 3 is 2.17 bits per heavy atom. The molecule has 0 aromatic heterocycles. The number of anilines is 1. The van der Waals surface area contributed by atoms with Gasteiger partial charge in [0.15, 0.2) is 0 Å². The van der Waals surface area contributed by atoms with Gasteiger partial charge in [0.1, 0.15) is 6.61 Å². The SMILES string of the molecule is O=C(Nc1ccccc1)N1CCC(C(=O)N2CCC(N3CCOC3=O)CC2)CC1. The molecule has 4 amide bonds. The van der Waals surface area contributed by atoms with Gasteiger partial charge in [-0.05, 0) is 37.8 Å². The molecule has 0 saturated carbocycles. The van der Waals surface area contributed by atoms with Gasteiger partial charge in [0.05, 0.1) is 6.54 Å². The molecule has 1 aromatic carbocycles. The van der Waals surface area contributed by atoms with E-state index in [-0.39, 0.29) is 30.0 Å². The number of hydrogen-bond donors (Lipinski definition) is 1. The monoisotopic (exact) mass is 400 g/mol. The zero-order chi connectivity index (χ0) is 20.2.